The molecule has 0 bridgehead atoms. The molecule has 134 valence electrons. The Kier molecular flexibility index (Phi) is 6.95. The first-order valence-electron chi connectivity index (χ1n) is 8.18. The summed E-state index contributed by atoms with van der Waals surface area (Å²) in [5.74, 6) is 2.07. The Morgan fingerprint density at radius 1 is 0.960 bits per heavy atom. The number of benzene rings is 2. The molecule has 6 heteroatoms. The Labute approximate surface area is 148 Å². The molecule has 0 atom stereocenters. The first-order valence-corrected chi connectivity index (χ1v) is 8.18. The Balaban J connectivity index is 2.08. The third-order valence-electron chi connectivity index (χ3n) is 3.69. The van der Waals surface area contributed by atoms with Crippen LogP contribution in [0.15, 0.2) is 47.5 Å². The second kappa shape index (κ2) is 9.42. The maximum Gasteiger partial charge on any atom is 0.191 e. The number of methoxy groups -OCH3 is 2. The molecule has 3 N–H and O–H groups in total. The Bertz CT molecular complexity index is 717. The molecule has 2 aromatic rings. The fraction of sp³-hybridized carbons (Fsp3) is 0.316. The molecule has 0 radical (unpaired) electrons. The summed E-state index contributed by atoms with van der Waals surface area (Å²) in [7, 11) is 3.18. The third kappa shape index (κ3) is 5.04. The molecule has 0 saturated carbocycles. The Morgan fingerprint density at radius 3 is 2.36 bits per heavy atom. The first kappa shape index (κ1) is 18.4. The van der Waals surface area contributed by atoms with E-state index in [-0.39, 0.29) is 5.75 Å². The number of aromatic hydroxyl groups is 1. The zero-order chi connectivity index (χ0) is 18.1. The summed E-state index contributed by atoms with van der Waals surface area (Å²) in [4.78, 5) is 4.58. The number of nitrogens with one attached hydrogen (secondary N) is 2. The van der Waals surface area contributed by atoms with Crippen LogP contribution >= 0.6 is 0 Å². The van der Waals surface area contributed by atoms with Gasteiger partial charge in [-0.3, -0.25) is 0 Å². The highest BCUT2D eigenvalue weighted by molar-refractivity contribution is 5.79. The highest BCUT2D eigenvalue weighted by Crippen LogP contribution is 2.29. The topological polar surface area (TPSA) is 75.1 Å². The minimum atomic E-state index is 0.137. The smallest absolute Gasteiger partial charge is 0.191 e. The van der Waals surface area contributed by atoms with Gasteiger partial charge in [0, 0.05) is 24.2 Å². The highest BCUT2D eigenvalue weighted by Gasteiger charge is 2.08. The molecule has 2 rings (SSSR count). The fourth-order valence-corrected chi connectivity index (χ4v) is 2.39. The van der Waals surface area contributed by atoms with Crippen molar-refractivity contribution in [3.05, 3.63) is 53.6 Å². The van der Waals surface area contributed by atoms with Crippen LogP contribution in [0.25, 0.3) is 0 Å². The molecule has 6 nitrogen and oxygen atoms in total. The van der Waals surface area contributed by atoms with Gasteiger partial charge in [-0.2, -0.15) is 0 Å². The molecule has 0 aliphatic rings. The lowest BCUT2D eigenvalue weighted by molar-refractivity contribution is 0.370. The van der Waals surface area contributed by atoms with Gasteiger partial charge in [0.15, 0.2) is 17.5 Å². The number of guanidine groups is 1. The van der Waals surface area contributed by atoms with Gasteiger partial charge in [0.2, 0.25) is 0 Å². The van der Waals surface area contributed by atoms with E-state index >= 15 is 0 Å². The van der Waals surface area contributed by atoms with Crippen molar-refractivity contribution in [3.63, 3.8) is 0 Å². The Hall–Kier alpha value is -2.89. The van der Waals surface area contributed by atoms with E-state index in [4.69, 9.17) is 9.47 Å². The van der Waals surface area contributed by atoms with Gasteiger partial charge >= 0.3 is 0 Å². The molecule has 0 fully saturated rings. The molecular weight excluding hydrogens is 318 g/mol. The van der Waals surface area contributed by atoms with Gasteiger partial charge in [-0.25, -0.2) is 4.99 Å². The number of ether oxygens (including phenoxy) is 2. The van der Waals surface area contributed by atoms with Crippen molar-refractivity contribution in [1.82, 2.24) is 10.6 Å². The van der Waals surface area contributed by atoms with Gasteiger partial charge in [0.25, 0.3) is 0 Å². The van der Waals surface area contributed by atoms with Crippen LogP contribution in [-0.4, -0.2) is 31.8 Å². The van der Waals surface area contributed by atoms with Crippen molar-refractivity contribution >= 4 is 5.96 Å². The number of para-hydroxylation sites is 2. The van der Waals surface area contributed by atoms with Crippen molar-refractivity contribution in [2.75, 3.05) is 20.8 Å². The van der Waals surface area contributed by atoms with Crippen molar-refractivity contribution in [2.45, 2.75) is 20.0 Å². The average Bonchev–Trinajstić information content (AvgIpc) is 2.65. The standard InChI is InChI=1S/C19H25N3O3/c1-4-20-19(21-12-14-8-5-6-10-16(14)24-2)22-13-15-9-7-11-17(25-3)18(15)23/h5-11,23H,4,12-13H2,1-3H3,(H2,20,21,22). The minimum Gasteiger partial charge on any atom is -0.504 e. The minimum absolute atomic E-state index is 0.137. The van der Waals surface area contributed by atoms with E-state index < -0.39 is 0 Å². The molecule has 0 saturated heterocycles. The molecule has 0 amide bonds. The van der Waals surface area contributed by atoms with Crippen LogP contribution in [0.5, 0.6) is 17.2 Å². The quantitative estimate of drug-likeness (QED) is 0.532. The maximum absolute atomic E-state index is 10.2. The first-order chi connectivity index (χ1) is 12.2. The van der Waals surface area contributed by atoms with Crippen molar-refractivity contribution in [3.8, 4) is 17.2 Å². The van der Waals surface area contributed by atoms with Gasteiger partial charge < -0.3 is 25.2 Å². The number of hydrogen-bond donors (Lipinski definition) is 3. The van der Waals surface area contributed by atoms with Crippen molar-refractivity contribution in [1.29, 1.82) is 0 Å². The number of nitrogens with zero attached hydrogens (tertiary/aromatic N) is 1. The zero-order valence-electron chi connectivity index (χ0n) is 14.9. The molecular formula is C19H25N3O3. The van der Waals surface area contributed by atoms with Crippen LogP contribution in [0.4, 0.5) is 0 Å². The van der Waals surface area contributed by atoms with Gasteiger partial charge in [0.1, 0.15) is 5.75 Å². The average molecular weight is 343 g/mol. The number of phenols is 1. The molecule has 0 aromatic heterocycles. The van der Waals surface area contributed by atoms with E-state index in [1.54, 1.807) is 13.2 Å². The lowest BCUT2D eigenvalue weighted by Crippen LogP contribution is -2.36. The largest absolute Gasteiger partial charge is 0.504 e. The van der Waals surface area contributed by atoms with Gasteiger partial charge in [-0.15, -0.1) is 0 Å². The lowest BCUT2D eigenvalue weighted by atomic mass is 10.2. The van der Waals surface area contributed by atoms with Crippen molar-refractivity contribution < 1.29 is 14.6 Å². The number of hydrogen-bond acceptors (Lipinski definition) is 4. The predicted octanol–water partition coefficient (Wildman–Crippen LogP) is 2.66. The summed E-state index contributed by atoms with van der Waals surface area (Å²) < 4.78 is 10.5. The maximum atomic E-state index is 10.2. The molecule has 0 aliphatic carbocycles. The second-order valence-electron chi connectivity index (χ2n) is 5.33. The van der Waals surface area contributed by atoms with E-state index in [1.807, 2.05) is 43.3 Å². The molecule has 0 unspecified atom stereocenters. The summed E-state index contributed by atoms with van der Waals surface area (Å²) in [5, 5.41) is 16.6. The van der Waals surface area contributed by atoms with E-state index in [0.29, 0.717) is 24.8 Å². The van der Waals surface area contributed by atoms with Crippen LogP contribution in [0.1, 0.15) is 18.1 Å². The number of aliphatic imine (C=N–C) groups is 1. The molecule has 25 heavy (non-hydrogen) atoms. The monoisotopic (exact) mass is 343 g/mol. The van der Waals surface area contributed by atoms with Crippen molar-refractivity contribution in [2.24, 2.45) is 4.99 Å². The van der Waals surface area contributed by atoms with Crippen LogP contribution < -0.4 is 20.1 Å². The van der Waals surface area contributed by atoms with Gasteiger partial charge in [-0.05, 0) is 19.1 Å². The predicted molar refractivity (Wildman–Crippen MR) is 99.3 cm³/mol. The summed E-state index contributed by atoms with van der Waals surface area (Å²) in [5.41, 5.74) is 1.74. The highest BCUT2D eigenvalue weighted by atomic mass is 16.5. The Morgan fingerprint density at radius 2 is 1.64 bits per heavy atom. The van der Waals surface area contributed by atoms with Crippen LogP contribution in [-0.2, 0) is 13.1 Å². The number of phenolic OH excluding ortho intramolecular Hbond substituents is 1. The van der Waals surface area contributed by atoms with Crippen LogP contribution in [0, 0.1) is 0 Å². The van der Waals surface area contributed by atoms with Gasteiger partial charge in [-0.1, -0.05) is 30.3 Å². The molecule has 0 aliphatic heterocycles. The molecule has 0 heterocycles. The van der Waals surface area contributed by atoms with Gasteiger partial charge in [0.05, 0.1) is 20.8 Å². The normalized spacial score (nSPS) is 11.1. The second-order valence-corrected chi connectivity index (χ2v) is 5.33. The fourth-order valence-electron chi connectivity index (χ4n) is 2.39. The summed E-state index contributed by atoms with van der Waals surface area (Å²) >= 11 is 0. The summed E-state index contributed by atoms with van der Waals surface area (Å²) in [6, 6.07) is 13.2. The molecule has 2 aromatic carbocycles. The van der Waals surface area contributed by atoms with E-state index in [9.17, 15) is 5.11 Å². The lowest BCUT2D eigenvalue weighted by Gasteiger charge is -2.14. The number of rotatable bonds is 7. The SMILES string of the molecule is CCNC(=NCc1ccccc1OC)NCc1cccc(OC)c1O. The molecule has 0 spiro atoms. The third-order valence-corrected chi connectivity index (χ3v) is 3.69. The van der Waals surface area contributed by atoms with E-state index in [1.165, 1.54) is 7.11 Å². The summed E-state index contributed by atoms with van der Waals surface area (Å²) in [6.07, 6.45) is 0. The van der Waals surface area contributed by atoms with E-state index in [0.717, 1.165) is 23.4 Å². The zero-order valence-corrected chi connectivity index (χ0v) is 14.9. The summed E-state index contributed by atoms with van der Waals surface area (Å²) in [6.45, 7) is 3.66. The van der Waals surface area contributed by atoms with E-state index in [2.05, 4.69) is 15.6 Å². The van der Waals surface area contributed by atoms with Crippen LogP contribution in [0.3, 0.4) is 0 Å². The van der Waals surface area contributed by atoms with Crippen LogP contribution in [0.2, 0.25) is 0 Å².